The lowest BCUT2D eigenvalue weighted by Crippen LogP contribution is -2.54. The van der Waals surface area contributed by atoms with Crippen molar-refractivity contribution in [3.05, 3.63) is 0 Å². The van der Waals surface area contributed by atoms with Gasteiger partial charge < -0.3 is 0 Å². The fraction of sp³-hybridized carbons (Fsp3) is 0.667. The minimum absolute atomic E-state index is 0.386. The molecule has 2 aliphatic rings. The summed E-state index contributed by atoms with van der Waals surface area (Å²) in [4.78, 5) is 18.2. The number of amidine groups is 2. The molecule has 0 saturated heterocycles. The van der Waals surface area contributed by atoms with Crippen molar-refractivity contribution in [3.8, 4) is 0 Å². The molecule has 2 heterocycles. The van der Waals surface area contributed by atoms with E-state index in [4.69, 9.17) is 0 Å². The quantitative estimate of drug-likeness (QED) is 0.648. The first-order valence-electron chi connectivity index (χ1n) is 5.54. The van der Waals surface area contributed by atoms with Gasteiger partial charge in [-0.25, -0.2) is 9.98 Å². The molecular weight excluding hydrogens is 200 g/mol. The topological polar surface area (TPSA) is 49.4 Å². The molecule has 0 aromatic heterocycles. The Kier molecular flexibility index (Phi) is 2.16. The third kappa shape index (κ3) is 1.22. The van der Waals surface area contributed by atoms with Gasteiger partial charge in [0, 0.05) is 11.4 Å². The lowest BCUT2D eigenvalue weighted by atomic mass is 9.75. The highest BCUT2D eigenvalue weighted by Gasteiger charge is 2.52. The molecule has 0 bridgehead atoms. The first kappa shape index (κ1) is 11.2. The molecule has 16 heavy (non-hydrogen) atoms. The molecule has 0 aliphatic carbocycles. The Morgan fingerprint density at radius 2 is 1.00 bits per heavy atom. The minimum atomic E-state index is -0.386. The first-order chi connectivity index (χ1) is 7.29. The summed E-state index contributed by atoms with van der Waals surface area (Å²) < 4.78 is 0. The van der Waals surface area contributed by atoms with E-state index < -0.39 is 0 Å². The summed E-state index contributed by atoms with van der Waals surface area (Å²) in [6, 6.07) is 0. The SMILES string of the molecule is CC1=NC(C)(C2(C)N=C(C)N=C2C)C(C)=N1. The molecule has 4 nitrogen and oxygen atoms in total. The van der Waals surface area contributed by atoms with Gasteiger partial charge in [0.05, 0.1) is 0 Å². The molecule has 0 aromatic carbocycles. The zero-order chi connectivity index (χ0) is 12.1. The predicted octanol–water partition coefficient (Wildman–Crippen LogP) is 2.29. The van der Waals surface area contributed by atoms with Gasteiger partial charge in [0.1, 0.15) is 22.7 Å². The van der Waals surface area contributed by atoms with Crippen LogP contribution in [-0.2, 0) is 0 Å². The van der Waals surface area contributed by atoms with Crippen LogP contribution in [0.3, 0.4) is 0 Å². The normalized spacial score (nSPS) is 38.1. The van der Waals surface area contributed by atoms with Gasteiger partial charge in [-0.05, 0) is 41.5 Å². The summed E-state index contributed by atoms with van der Waals surface area (Å²) in [5, 5.41) is 0. The second kappa shape index (κ2) is 3.09. The van der Waals surface area contributed by atoms with E-state index in [0.717, 1.165) is 23.1 Å². The molecule has 2 rings (SSSR count). The molecule has 0 N–H and O–H groups in total. The standard InChI is InChI=1S/C12H18N4/c1-7-11(5,15-9(3)13-7)12(6)8(2)14-10(4)16-12/h1-6H3. The van der Waals surface area contributed by atoms with Gasteiger partial charge in [-0.2, -0.15) is 0 Å². The van der Waals surface area contributed by atoms with Crippen LogP contribution in [0, 0.1) is 0 Å². The van der Waals surface area contributed by atoms with E-state index in [1.165, 1.54) is 0 Å². The summed E-state index contributed by atoms with van der Waals surface area (Å²) in [6.07, 6.45) is 0. The Bertz CT molecular complexity index is 425. The van der Waals surface area contributed by atoms with Gasteiger partial charge in [0.15, 0.2) is 0 Å². The lowest BCUT2D eigenvalue weighted by molar-refractivity contribution is 0.454. The van der Waals surface area contributed by atoms with Crippen molar-refractivity contribution in [2.24, 2.45) is 20.0 Å². The molecule has 0 saturated carbocycles. The van der Waals surface area contributed by atoms with E-state index in [1.807, 2.05) is 27.7 Å². The number of nitrogens with zero attached hydrogens (tertiary/aromatic N) is 4. The van der Waals surface area contributed by atoms with E-state index in [0.29, 0.717) is 0 Å². The molecule has 0 fully saturated rings. The Morgan fingerprint density at radius 3 is 1.19 bits per heavy atom. The van der Waals surface area contributed by atoms with Crippen LogP contribution in [-0.4, -0.2) is 34.2 Å². The van der Waals surface area contributed by atoms with Crippen molar-refractivity contribution in [1.82, 2.24) is 0 Å². The fourth-order valence-electron chi connectivity index (χ4n) is 2.48. The van der Waals surface area contributed by atoms with Gasteiger partial charge in [-0.3, -0.25) is 9.98 Å². The molecule has 2 atom stereocenters. The van der Waals surface area contributed by atoms with Crippen molar-refractivity contribution < 1.29 is 0 Å². The summed E-state index contributed by atoms with van der Waals surface area (Å²) in [7, 11) is 0. The van der Waals surface area contributed by atoms with Crippen LogP contribution in [0.4, 0.5) is 0 Å². The van der Waals surface area contributed by atoms with Crippen molar-refractivity contribution in [1.29, 1.82) is 0 Å². The zero-order valence-electron chi connectivity index (χ0n) is 10.8. The Balaban J connectivity index is 2.56. The van der Waals surface area contributed by atoms with Crippen molar-refractivity contribution in [2.75, 3.05) is 0 Å². The highest BCUT2D eigenvalue weighted by molar-refractivity contribution is 6.15. The zero-order valence-corrected chi connectivity index (χ0v) is 10.8. The molecule has 2 aliphatic heterocycles. The molecule has 0 amide bonds. The monoisotopic (exact) mass is 218 g/mol. The van der Waals surface area contributed by atoms with Crippen molar-refractivity contribution in [3.63, 3.8) is 0 Å². The van der Waals surface area contributed by atoms with E-state index in [1.54, 1.807) is 0 Å². The minimum Gasteiger partial charge on any atom is -0.255 e. The number of hydrogen-bond donors (Lipinski definition) is 0. The van der Waals surface area contributed by atoms with Crippen LogP contribution >= 0.6 is 0 Å². The average molecular weight is 218 g/mol. The average Bonchev–Trinajstić information content (AvgIpc) is 2.54. The number of rotatable bonds is 1. The van der Waals surface area contributed by atoms with Gasteiger partial charge >= 0.3 is 0 Å². The maximum Gasteiger partial charge on any atom is 0.128 e. The van der Waals surface area contributed by atoms with Gasteiger partial charge in [0.2, 0.25) is 0 Å². The summed E-state index contributed by atoms with van der Waals surface area (Å²) in [5.74, 6) is 1.66. The van der Waals surface area contributed by atoms with Gasteiger partial charge in [-0.15, -0.1) is 0 Å². The van der Waals surface area contributed by atoms with E-state index >= 15 is 0 Å². The predicted molar refractivity (Wildman–Crippen MR) is 69.2 cm³/mol. The second-order valence-electron chi connectivity index (χ2n) is 4.86. The van der Waals surface area contributed by atoms with Crippen molar-refractivity contribution in [2.45, 2.75) is 52.6 Å². The Labute approximate surface area is 96.3 Å². The molecule has 4 heteroatoms. The molecule has 0 radical (unpaired) electrons. The van der Waals surface area contributed by atoms with Crippen LogP contribution in [0.2, 0.25) is 0 Å². The third-order valence-electron chi connectivity index (χ3n) is 3.79. The highest BCUT2D eigenvalue weighted by Crippen LogP contribution is 2.38. The fourth-order valence-corrected chi connectivity index (χ4v) is 2.48. The van der Waals surface area contributed by atoms with Gasteiger partial charge in [-0.1, -0.05) is 0 Å². The molecule has 0 aromatic rings. The second-order valence-corrected chi connectivity index (χ2v) is 4.86. The van der Waals surface area contributed by atoms with Crippen LogP contribution in [0.5, 0.6) is 0 Å². The van der Waals surface area contributed by atoms with E-state index in [-0.39, 0.29) is 11.1 Å². The van der Waals surface area contributed by atoms with Crippen LogP contribution in [0.15, 0.2) is 20.0 Å². The summed E-state index contributed by atoms with van der Waals surface area (Å²) in [5.41, 5.74) is 1.26. The third-order valence-corrected chi connectivity index (χ3v) is 3.79. The smallest absolute Gasteiger partial charge is 0.128 e. The maximum absolute atomic E-state index is 4.67. The molecule has 2 unspecified atom stereocenters. The first-order valence-corrected chi connectivity index (χ1v) is 5.54. The lowest BCUT2D eigenvalue weighted by Gasteiger charge is -2.36. The Morgan fingerprint density at radius 1 is 0.688 bits per heavy atom. The number of aliphatic imine (C=N–C) groups is 4. The van der Waals surface area contributed by atoms with Crippen LogP contribution in [0.25, 0.3) is 0 Å². The van der Waals surface area contributed by atoms with Crippen molar-refractivity contribution >= 4 is 23.1 Å². The highest BCUT2D eigenvalue weighted by atomic mass is 15.2. The van der Waals surface area contributed by atoms with Crippen LogP contribution < -0.4 is 0 Å². The van der Waals surface area contributed by atoms with Gasteiger partial charge in [0.25, 0.3) is 0 Å². The van der Waals surface area contributed by atoms with E-state index in [9.17, 15) is 0 Å². The van der Waals surface area contributed by atoms with E-state index in [2.05, 4.69) is 33.8 Å². The largest absolute Gasteiger partial charge is 0.255 e. The molecule has 86 valence electrons. The maximum atomic E-state index is 4.67. The van der Waals surface area contributed by atoms with Crippen LogP contribution in [0.1, 0.15) is 41.5 Å². The molecule has 0 spiro atoms. The Hall–Kier alpha value is -1.32. The summed E-state index contributed by atoms with van der Waals surface area (Å²) >= 11 is 0. The molecular formula is C12H18N4. The summed E-state index contributed by atoms with van der Waals surface area (Å²) in [6.45, 7) is 12.1. The number of hydrogen-bond acceptors (Lipinski definition) is 4.